The Hall–Kier alpha value is -4.76. The zero-order valence-electron chi connectivity index (χ0n) is 19.7. The first-order chi connectivity index (χ1) is 17.4. The summed E-state index contributed by atoms with van der Waals surface area (Å²) in [5.41, 5.74) is 8.88. The first kappa shape index (κ1) is 24.4. The third-order valence-electron chi connectivity index (χ3n) is 5.82. The van der Waals surface area contributed by atoms with Crippen molar-refractivity contribution in [3.63, 3.8) is 0 Å². The van der Waals surface area contributed by atoms with Crippen LogP contribution in [-0.4, -0.2) is 39.4 Å². The molecule has 1 atom stereocenters. The predicted molar refractivity (Wildman–Crippen MR) is 128 cm³/mol. The highest BCUT2D eigenvalue weighted by Gasteiger charge is 2.38. The van der Waals surface area contributed by atoms with E-state index >= 15 is 0 Å². The fraction of sp³-hybridized carbons (Fsp3) is 0.259. The average Bonchev–Trinajstić information content (AvgIpc) is 2.88. The van der Waals surface area contributed by atoms with E-state index < -0.39 is 17.9 Å². The van der Waals surface area contributed by atoms with Crippen molar-refractivity contribution >= 4 is 11.9 Å². The van der Waals surface area contributed by atoms with Gasteiger partial charge in [-0.05, 0) is 17.7 Å². The Kier molecular flexibility index (Phi) is 6.93. The maximum absolute atomic E-state index is 12.9. The number of carbonyl (C=O) groups is 2. The SMILES string of the molecule is C#CCOC(=O)CC1C(C(=O)OCC#C)=C(N)Oc2cc3c(cc21)-c1cc(OC)cc(OC)c1CO3. The van der Waals surface area contributed by atoms with Gasteiger partial charge in [0.05, 0.1) is 20.6 Å². The summed E-state index contributed by atoms with van der Waals surface area (Å²) in [5.74, 6) is 4.01. The molecule has 9 nitrogen and oxygen atoms in total. The molecule has 0 amide bonds. The smallest absolute Gasteiger partial charge is 0.341 e. The topological polar surface area (TPSA) is 116 Å². The minimum Gasteiger partial charge on any atom is -0.497 e. The van der Waals surface area contributed by atoms with E-state index in [1.807, 2.05) is 6.07 Å². The quantitative estimate of drug-likeness (QED) is 0.463. The fourth-order valence-electron chi connectivity index (χ4n) is 4.22. The molecule has 2 aromatic rings. The van der Waals surface area contributed by atoms with Gasteiger partial charge in [-0.25, -0.2) is 4.79 Å². The molecule has 0 radical (unpaired) electrons. The fourth-order valence-corrected chi connectivity index (χ4v) is 4.22. The summed E-state index contributed by atoms with van der Waals surface area (Å²) in [6, 6.07) is 7.07. The Balaban J connectivity index is 1.85. The van der Waals surface area contributed by atoms with Crippen LogP contribution in [0.15, 0.2) is 35.7 Å². The molecule has 4 rings (SSSR count). The van der Waals surface area contributed by atoms with Crippen molar-refractivity contribution in [1.29, 1.82) is 0 Å². The second-order valence-corrected chi connectivity index (χ2v) is 7.81. The van der Waals surface area contributed by atoms with Gasteiger partial charge in [-0.3, -0.25) is 4.79 Å². The maximum atomic E-state index is 12.9. The van der Waals surface area contributed by atoms with Gasteiger partial charge in [0, 0.05) is 34.7 Å². The number of terminal acetylenes is 2. The molecule has 0 spiro atoms. The average molecular weight is 489 g/mol. The molecule has 2 aliphatic heterocycles. The Morgan fingerprint density at radius 2 is 1.78 bits per heavy atom. The molecular formula is C27H23NO8. The number of carbonyl (C=O) groups excluding carboxylic acids is 2. The third-order valence-corrected chi connectivity index (χ3v) is 5.82. The molecule has 0 bridgehead atoms. The Morgan fingerprint density at radius 3 is 2.47 bits per heavy atom. The van der Waals surface area contributed by atoms with Gasteiger partial charge in [-0.2, -0.15) is 0 Å². The van der Waals surface area contributed by atoms with Crippen LogP contribution in [0.4, 0.5) is 0 Å². The molecule has 2 N–H and O–H groups in total. The van der Waals surface area contributed by atoms with Gasteiger partial charge in [0.25, 0.3) is 0 Å². The normalized spacial score (nSPS) is 14.9. The van der Waals surface area contributed by atoms with E-state index in [9.17, 15) is 9.59 Å². The number of methoxy groups -OCH3 is 2. The number of esters is 2. The lowest BCUT2D eigenvalue weighted by Crippen LogP contribution is -2.29. The van der Waals surface area contributed by atoms with Gasteiger partial charge in [0.1, 0.15) is 35.2 Å². The number of rotatable bonds is 7. The number of ether oxygens (including phenoxy) is 6. The van der Waals surface area contributed by atoms with E-state index in [0.29, 0.717) is 34.1 Å². The van der Waals surface area contributed by atoms with E-state index in [-0.39, 0.29) is 37.7 Å². The van der Waals surface area contributed by atoms with Gasteiger partial charge in [-0.1, -0.05) is 11.8 Å². The lowest BCUT2D eigenvalue weighted by molar-refractivity contribution is -0.142. The van der Waals surface area contributed by atoms with E-state index in [0.717, 1.165) is 11.1 Å². The summed E-state index contributed by atoms with van der Waals surface area (Å²) in [4.78, 5) is 25.4. The van der Waals surface area contributed by atoms with E-state index in [1.165, 1.54) is 0 Å². The molecule has 184 valence electrons. The molecule has 2 aromatic carbocycles. The van der Waals surface area contributed by atoms with Crippen molar-refractivity contribution in [1.82, 2.24) is 0 Å². The number of hydrogen-bond acceptors (Lipinski definition) is 9. The first-order valence-corrected chi connectivity index (χ1v) is 10.8. The lowest BCUT2D eigenvalue weighted by atomic mass is 9.83. The minimum absolute atomic E-state index is 0.0458. The third kappa shape index (κ3) is 4.47. The van der Waals surface area contributed by atoms with Gasteiger partial charge < -0.3 is 34.2 Å². The minimum atomic E-state index is -0.854. The van der Waals surface area contributed by atoms with Crippen LogP contribution in [0, 0.1) is 24.7 Å². The molecule has 0 aromatic heterocycles. The molecule has 0 fully saturated rings. The summed E-state index contributed by atoms with van der Waals surface area (Å²) in [7, 11) is 3.12. The standard InChI is InChI=1S/C27H23NO8/c1-5-7-33-24(29)12-19-18-11-17-16-9-15(31-3)10-21(32-4)20(16)14-35-22(17)13-23(18)36-26(28)25(19)27(30)34-8-6-2/h1-2,9-11,13,19H,7-8,12,14,28H2,3-4H3. The van der Waals surface area contributed by atoms with Crippen LogP contribution in [-0.2, 0) is 25.7 Å². The van der Waals surface area contributed by atoms with Gasteiger partial charge >= 0.3 is 11.9 Å². The molecule has 0 aliphatic carbocycles. The Labute approximate surface area is 208 Å². The zero-order valence-corrected chi connectivity index (χ0v) is 19.7. The monoisotopic (exact) mass is 489 g/mol. The van der Waals surface area contributed by atoms with Gasteiger partial charge in [0.15, 0.2) is 13.2 Å². The van der Waals surface area contributed by atoms with Crippen molar-refractivity contribution in [2.45, 2.75) is 18.9 Å². The van der Waals surface area contributed by atoms with Crippen molar-refractivity contribution in [3.05, 3.63) is 46.8 Å². The molecule has 1 unspecified atom stereocenters. The maximum Gasteiger partial charge on any atom is 0.341 e. The highest BCUT2D eigenvalue weighted by molar-refractivity contribution is 5.93. The second-order valence-electron chi connectivity index (χ2n) is 7.81. The molecular weight excluding hydrogens is 466 g/mol. The van der Waals surface area contributed by atoms with Crippen LogP contribution < -0.4 is 24.7 Å². The molecule has 0 saturated heterocycles. The molecule has 2 aliphatic rings. The van der Waals surface area contributed by atoms with Crippen LogP contribution in [0.5, 0.6) is 23.0 Å². The highest BCUT2D eigenvalue weighted by Crippen LogP contribution is 2.50. The number of nitrogens with two attached hydrogens (primary N) is 1. The Bertz CT molecular complexity index is 1350. The number of fused-ring (bicyclic) bond motifs is 4. The predicted octanol–water partition coefficient (Wildman–Crippen LogP) is 2.65. The van der Waals surface area contributed by atoms with E-state index in [2.05, 4.69) is 11.8 Å². The summed E-state index contributed by atoms with van der Waals surface area (Å²) in [6.45, 7) is -0.233. The summed E-state index contributed by atoms with van der Waals surface area (Å²) >= 11 is 0. The zero-order chi connectivity index (χ0) is 25.8. The van der Waals surface area contributed by atoms with Crippen LogP contribution in [0.25, 0.3) is 11.1 Å². The summed E-state index contributed by atoms with van der Waals surface area (Å²) < 4.78 is 32.9. The lowest BCUT2D eigenvalue weighted by Gasteiger charge is -2.30. The summed E-state index contributed by atoms with van der Waals surface area (Å²) in [5, 5.41) is 0. The second kappa shape index (κ2) is 10.2. The van der Waals surface area contributed by atoms with Gasteiger partial charge in [0.2, 0.25) is 5.88 Å². The number of hydrogen-bond donors (Lipinski definition) is 1. The van der Waals surface area contributed by atoms with Crippen LogP contribution in [0.3, 0.4) is 0 Å². The van der Waals surface area contributed by atoms with Crippen molar-refractivity contribution in [2.24, 2.45) is 5.73 Å². The van der Waals surface area contributed by atoms with Crippen LogP contribution in [0.2, 0.25) is 0 Å². The van der Waals surface area contributed by atoms with E-state index in [4.69, 9.17) is 47.0 Å². The molecule has 36 heavy (non-hydrogen) atoms. The highest BCUT2D eigenvalue weighted by atomic mass is 16.5. The first-order valence-electron chi connectivity index (χ1n) is 10.8. The van der Waals surface area contributed by atoms with Crippen LogP contribution >= 0.6 is 0 Å². The number of benzene rings is 2. The van der Waals surface area contributed by atoms with Crippen molar-refractivity contribution in [2.75, 3.05) is 27.4 Å². The molecule has 9 heteroatoms. The van der Waals surface area contributed by atoms with E-state index in [1.54, 1.807) is 32.4 Å². The Morgan fingerprint density at radius 1 is 1.03 bits per heavy atom. The van der Waals surface area contributed by atoms with Crippen LogP contribution in [0.1, 0.15) is 23.5 Å². The van der Waals surface area contributed by atoms with Crippen molar-refractivity contribution in [3.8, 4) is 58.8 Å². The summed E-state index contributed by atoms with van der Waals surface area (Å²) in [6.07, 6.45) is 10.2. The molecule has 0 saturated carbocycles. The van der Waals surface area contributed by atoms with Gasteiger partial charge in [-0.15, -0.1) is 12.8 Å². The van der Waals surface area contributed by atoms with Crippen molar-refractivity contribution < 1.29 is 38.0 Å². The largest absolute Gasteiger partial charge is 0.497 e. The molecule has 2 heterocycles.